The number of hydrogen-bond donors (Lipinski definition) is 1. The van der Waals surface area contributed by atoms with E-state index in [1.807, 2.05) is 45.3 Å². The number of aliphatic imine (C=N–C) groups is 1. The van der Waals surface area contributed by atoms with Crippen LogP contribution in [0.3, 0.4) is 0 Å². The largest absolute Gasteiger partial charge is 0.342 e. The van der Waals surface area contributed by atoms with Crippen LogP contribution in [0, 0.1) is 16.7 Å². The van der Waals surface area contributed by atoms with Crippen LogP contribution in [0.4, 0.5) is 5.95 Å². The lowest BCUT2D eigenvalue weighted by Gasteiger charge is -2.39. The lowest BCUT2D eigenvalue weighted by atomic mass is 9.74. The number of carbonyl (C=O) groups excluding carboxylic acids is 1. The molecule has 1 saturated heterocycles. The zero-order valence-electron chi connectivity index (χ0n) is 24.0. The number of aromatic nitrogens is 6. The first-order valence-corrected chi connectivity index (χ1v) is 15.7. The number of carbonyl (C=O) groups is 1. The van der Waals surface area contributed by atoms with Crippen molar-refractivity contribution in [1.82, 2.24) is 29.9 Å². The van der Waals surface area contributed by atoms with Crippen LogP contribution in [0.5, 0.6) is 0 Å². The zero-order chi connectivity index (χ0) is 29.1. The second-order valence-electron chi connectivity index (χ2n) is 12.8. The summed E-state index contributed by atoms with van der Waals surface area (Å²) in [6, 6.07) is 3.94. The van der Waals surface area contributed by atoms with Gasteiger partial charge in [0.2, 0.25) is 5.95 Å². The first-order valence-electron chi connectivity index (χ1n) is 14.5. The fourth-order valence-electron chi connectivity index (χ4n) is 5.90. The SMILES string of the molecule is CC(C)(C)C(=O)N=C1c2ccncc2CC12CCN(c1nc3ncc(Sc4ccnc(CC5CC5)c4Cl)nc3[nH]1)CC2. The first kappa shape index (κ1) is 27.5. The molecular formula is C31H33ClN8OS. The Bertz CT molecular complexity index is 1720. The van der Waals surface area contributed by atoms with Crippen LogP contribution in [0.1, 0.15) is 63.3 Å². The molecule has 0 unspecified atom stereocenters. The number of nitrogens with zero attached hydrogens (tertiary/aromatic N) is 7. The summed E-state index contributed by atoms with van der Waals surface area (Å²) in [5.41, 5.74) is 4.63. The highest BCUT2D eigenvalue weighted by Gasteiger charge is 2.46. The van der Waals surface area contributed by atoms with Gasteiger partial charge in [0.05, 0.1) is 22.6 Å². The van der Waals surface area contributed by atoms with E-state index in [0.717, 1.165) is 71.6 Å². The minimum atomic E-state index is -0.530. The summed E-state index contributed by atoms with van der Waals surface area (Å²) in [6.07, 6.45) is 13.3. The first-order chi connectivity index (χ1) is 20.2. The molecule has 2 aliphatic carbocycles. The van der Waals surface area contributed by atoms with Crippen molar-refractivity contribution in [1.29, 1.82) is 0 Å². The number of piperidine rings is 1. The van der Waals surface area contributed by atoms with Crippen molar-refractivity contribution < 1.29 is 4.79 Å². The molecule has 2 fully saturated rings. The second kappa shape index (κ2) is 10.4. The van der Waals surface area contributed by atoms with Crippen LogP contribution >= 0.6 is 23.4 Å². The van der Waals surface area contributed by atoms with E-state index in [1.165, 1.54) is 30.2 Å². The van der Waals surface area contributed by atoms with Gasteiger partial charge >= 0.3 is 0 Å². The topological polar surface area (TPSA) is 113 Å². The van der Waals surface area contributed by atoms with Crippen molar-refractivity contribution in [2.24, 2.45) is 21.7 Å². The molecule has 42 heavy (non-hydrogen) atoms. The van der Waals surface area contributed by atoms with Crippen molar-refractivity contribution in [3.05, 3.63) is 58.8 Å². The third-order valence-corrected chi connectivity index (χ3v) is 10.1. The highest BCUT2D eigenvalue weighted by atomic mass is 35.5. The average molecular weight is 601 g/mol. The van der Waals surface area contributed by atoms with E-state index in [0.29, 0.717) is 22.2 Å². The van der Waals surface area contributed by atoms with Crippen molar-refractivity contribution in [2.45, 2.75) is 69.2 Å². The van der Waals surface area contributed by atoms with Gasteiger partial charge in [0.15, 0.2) is 11.3 Å². The van der Waals surface area contributed by atoms with Crippen molar-refractivity contribution in [3.63, 3.8) is 0 Å². The lowest BCUT2D eigenvalue weighted by Crippen LogP contribution is -2.44. The molecule has 9 nitrogen and oxygen atoms in total. The molecule has 0 aromatic carbocycles. The van der Waals surface area contributed by atoms with E-state index >= 15 is 0 Å². The number of imidazole rings is 1. The van der Waals surface area contributed by atoms with Gasteiger partial charge in [-0.3, -0.25) is 14.8 Å². The molecule has 0 atom stereocenters. The predicted octanol–water partition coefficient (Wildman–Crippen LogP) is 6.10. The van der Waals surface area contributed by atoms with Crippen molar-refractivity contribution >= 4 is 52.2 Å². The molecule has 1 spiro atoms. The molecule has 0 bridgehead atoms. The molecule has 0 radical (unpaired) electrons. The Labute approximate surface area is 254 Å². The van der Waals surface area contributed by atoms with Gasteiger partial charge in [-0.25, -0.2) is 15.0 Å². The molecule has 7 rings (SSSR count). The van der Waals surface area contributed by atoms with E-state index in [2.05, 4.69) is 24.8 Å². The van der Waals surface area contributed by atoms with Crippen LogP contribution in [0.25, 0.3) is 11.3 Å². The fourth-order valence-corrected chi connectivity index (χ4v) is 7.01. The van der Waals surface area contributed by atoms with Crippen LogP contribution in [0.2, 0.25) is 5.02 Å². The number of nitrogens with one attached hydrogen (secondary N) is 1. The zero-order valence-corrected chi connectivity index (χ0v) is 25.6. The minimum absolute atomic E-state index is 0.0840. The van der Waals surface area contributed by atoms with E-state index in [-0.39, 0.29) is 11.3 Å². The molecule has 4 aromatic rings. The Hall–Kier alpha value is -3.37. The number of halogens is 1. The van der Waals surface area contributed by atoms with Crippen molar-refractivity contribution in [3.8, 4) is 0 Å². The number of H-pyrrole nitrogens is 1. The Kier molecular flexibility index (Phi) is 6.81. The molecule has 1 aliphatic heterocycles. The second-order valence-corrected chi connectivity index (χ2v) is 14.2. The highest BCUT2D eigenvalue weighted by Crippen LogP contribution is 2.46. The number of rotatable bonds is 5. The molecular weight excluding hydrogens is 568 g/mol. The number of fused-ring (bicyclic) bond motifs is 2. The van der Waals surface area contributed by atoms with E-state index < -0.39 is 5.41 Å². The van der Waals surface area contributed by atoms with Crippen LogP contribution in [-0.4, -0.2) is 54.6 Å². The van der Waals surface area contributed by atoms with Crippen LogP contribution < -0.4 is 4.90 Å². The number of amides is 1. The van der Waals surface area contributed by atoms with Gasteiger partial charge in [-0.2, -0.15) is 4.98 Å². The summed E-state index contributed by atoms with van der Waals surface area (Å²) in [5, 5.41) is 1.46. The normalized spacial score (nSPS) is 19.1. The molecule has 4 aromatic heterocycles. The average Bonchev–Trinajstić information content (AvgIpc) is 3.61. The molecule has 216 valence electrons. The molecule has 11 heteroatoms. The van der Waals surface area contributed by atoms with Gasteiger partial charge < -0.3 is 9.88 Å². The molecule has 1 amide bonds. The Morgan fingerprint density at radius 2 is 1.95 bits per heavy atom. The van der Waals surface area contributed by atoms with Crippen molar-refractivity contribution in [2.75, 3.05) is 18.0 Å². The third kappa shape index (κ3) is 5.19. The van der Waals surface area contributed by atoms with Gasteiger partial charge in [-0.05, 0) is 62.1 Å². The summed E-state index contributed by atoms with van der Waals surface area (Å²) in [4.78, 5) is 47.4. The van der Waals surface area contributed by atoms with Crippen LogP contribution in [-0.2, 0) is 17.6 Å². The van der Waals surface area contributed by atoms with Gasteiger partial charge in [0.1, 0.15) is 5.03 Å². The monoisotopic (exact) mass is 600 g/mol. The Morgan fingerprint density at radius 3 is 2.71 bits per heavy atom. The number of hydrogen-bond acceptors (Lipinski definition) is 8. The predicted molar refractivity (Wildman–Crippen MR) is 164 cm³/mol. The summed E-state index contributed by atoms with van der Waals surface area (Å²) in [5.74, 6) is 1.39. The van der Waals surface area contributed by atoms with E-state index in [1.54, 1.807) is 12.4 Å². The summed E-state index contributed by atoms with van der Waals surface area (Å²) < 4.78 is 0. The van der Waals surface area contributed by atoms with Gasteiger partial charge in [0, 0.05) is 53.0 Å². The quantitative estimate of drug-likeness (QED) is 0.292. The Morgan fingerprint density at radius 1 is 1.14 bits per heavy atom. The standard InChI is InChI=1S/C31H33ClN8OS/c1-30(2,3)28(41)37-25-20-6-10-33-16-19(20)15-31(25)8-12-40(13-9-31)29-38-26-27(39-29)36-23(17-35-26)42-22-7-11-34-21(24(22)32)14-18-4-5-18/h6-7,10-11,16-18H,4-5,8-9,12-15H2,1-3H3,(H,35,36,38,39). The molecule has 5 heterocycles. The lowest BCUT2D eigenvalue weighted by molar-refractivity contribution is -0.124. The van der Waals surface area contributed by atoms with Gasteiger partial charge in [-0.15, -0.1) is 0 Å². The fraction of sp³-hybridized carbons (Fsp3) is 0.452. The number of aromatic amines is 1. The van der Waals surface area contributed by atoms with Gasteiger partial charge in [0.25, 0.3) is 5.91 Å². The molecule has 3 aliphatic rings. The van der Waals surface area contributed by atoms with Gasteiger partial charge in [-0.1, -0.05) is 44.1 Å². The van der Waals surface area contributed by atoms with Crippen LogP contribution in [0.15, 0.2) is 51.8 Å². The Balaban J connectivity index is 1.09. The molecule has 1 saturated carbocycles. The highest BCUT2D eigenvalue weighted by molar-refractivity contribution is 7.99. The maximum absolute atomic E-state index is 13.0. The summed E-state index contributed by atoms with van der Waals surface area (Å²) in [7, 11) is 0. The maximum atomic E-state index is 13.0. The summed E-state index contributed by atoms with van der Waals surface area (Å²) >= 11 is 8.20. The number of pyridine rings is 2. The third-order valence-electron chi connectivity index (χ3n) is 8.56. The minimum Gasteiger partial charge on any atom is -0.342 e. The molecule has 1 N–H and O–H groups in total. The van der Waals surface area contributed by atoms with E-state index in [4.69, 9.17) is 26.6 Å². The van der Waals surface area contributed by atoms with E-state index in [9.17, 15) is 4.79 Å². The number of anilines is 1. The summed E-state index contributed by atoms with van der Waals surface area (Å²) in [6.45, 7) is 7.32. The smallest absolute Gasteiger partial charge is 0.251 e. The maximum Gasteiger partial charge on any atom is 0.251 e.